The molecule has 1 atom stereocenters. The molecule has 0 amide bonds. The number of aliphatic carboxylic acids is 1. The fourth-order valence-electron chi connectivity index (χ4n) is 2.21. The fraction of sp³-hybridized carbons (Fsp3) is 0.556. The number of carboxylic acids is 1. The summed E-state index contributed by atoms with van der Waals surface area (Å²) in [5, 5.41) is 24.1. The van der Waals surface area contributed by atoms with Gasteiger partial charge in [0, 0.05) is 18.4 Å². The second-order valence-electron chi connectivity index (χ2n) is 5.97. The molecule has 9 heteroatoms. The first kappa shape index (κ1) is 21.5. The van der Waals surface area contributed by atoms with Crippen LogP contribution in [0.5, 0.6) is 11.5 Å². The van der Waals surface area contributed by atoms with Crippen LogP contribution in [-0.4, -0.2) is 69.1 Å². The number of carboxylic acid groups (broad SMARTS) is 1. The Morgan fingerprint density at radius 2 is 1.85 bits per heavy atom. The normalized spacial score (nSPS) is 19.1. The Hall–Kier alpha value is -1.81. The van der Waals surface area contributed by atoms with E-state index in [1.165, 1.54) is 18.7 Å². The van der Waals surface area contributed by atoms with Gasteiger partial charge in [0.1, 0.15) is 17.9 Å². The van der Waals surface area contributed by atoms with Crippen molar-refractivity contribution in [2.45, 2.75) is 12.5 Å². The van der Waals surface area contributed by atoms with E-state index >= 15 is 0 Å². The average Bonchev–Trinajstić information content (AvgIpc) is 3.05. The molecule has 2 rings (SSSR count). The summed E-state index contributed by atoms with van der Waals surface area (Å²) in [5.41, 5.74) is -0.988. The third-order valence-electron chi connectivity index (χ3n) is 3.78. The Bertz CT molecular complexity index is 667. The third-order valence-corrected chi connectivity index (χ3v) is 5.07. The molecule has 0 saturated carbocycles. The van der Waals surface area contributed by atoms with Gasteiger partial charge in [-0.05, 0) is 13.0 Å². The molecule has 0 saturated heterocycles. The number of hydrogen-bond acceptors (Lipinski definition) is 9. The molecule has 1 aromatic carbocycles. The lowest BCUT2D eigenvalue weighted by atomic mass is 10.1. The standard InChI is InChI=1S/C18H25NO7S/c1-18(17(21)22)12-27-16(19-18)13-4-3-5-14(15(13)20)26-11-10-25-9-8-24-7-6-23-2/h3-5,20H,6-12H2,1-2H3,(H,21,22)/p-2/t18-/m1/s1. The van der Waals surface area contributed by atoms with Crippen molar-refractivity contribution in [3.05, 3.63) is 23.8 Å². The van der Waals surface area contributed by atoms with Gasteiger partial charge < -0.3 is 34.0 Å². The Balaban J connectivity index is 1.83. The summed E-state index contributed by atoms with van der Waals surface area (Å²) in [5.74, 6) is -1.17. The summed E-state index contributed by atoms with van der Waals surface area (Å²) in [6.07, 6.45) is 0. The number of carbonyl (C=O) groups is 1. The van der Waals surface area contributed by atoms with Gasteiger partial charge in [-0.1, -0.05) is 17.9 Å². The molecule has 0 spiro atoms. The number of ether oxygens (including phenoxy) is 4. The Morgan fingerprint density at radius 3 is 2.48 bits per heavy atom. The van der Waals surface area contributed by atoms with Crippen LogP contribution in [0.25, 0.3) is 0 Å². The molecule has 0 unspecified atom stereocenters. The van der Waals surface area contributed by atoms with Gasteiger partial charge in [0.05, 0.1) is 44.0 Å². The number of carbonyl (C=O) groups excluding carboxylic acids is 1. The zero-order valence-electron chi connectivity index (χ0n) is 15.4. The van der Waals surface area contributed by atoms with Crippen molar-refractivity contribution in [2.75, 3.05) is 52.5 Å². The number of methoxy groups -OCH3 is 1. The van der Waals surface area contributed by atoms with Gasteiger partial charge in [0.15, 0.2) is 0 Å². The number of benzene rings is 1. The molecular weight excluding hydrogens is 374 g/mol. The number of rotatable bonds is 12. The topological polar surface area (TPSA) is 112 Å². The summed E-state index contributed by atoms with van der Waals surface area (Å²) in [6.45, 7) is 3.94. The molecule has 0 N–H and O–H groups in total. The lowest BCUT2D eigenvalue weighted by molar-refractivity contribution is -0.311. The van der Waals surface area contributed by atoms with Gasteiger partial charge >= 0.3 is 0 Å². The van der Waals surface area contributed by atoms with Crippen LogP contribution >= 0.6 is 11.8 Å². The Kier molecular flexibility index (Phi) is 8.36. The van der Waals surface area contributed by atoms with E-state index in [0.717, 1.165) is 0 Å². The van der Waals surface area contributed by atoms with Crippen molar-refractivity contribution >= 4 is 22.8 Å². The summed E-state index contributed by atoms with van der Waals surface area (Å²) < 4.78 is 21.0. The molecule has 0 fully saturated rings. The van der Waals surface area contributed by atoms with Crippen molar-refractivity contribution in [1.29, 1.82) is 0 Å². The molecular formula is C18H23NO7S-2. The minimum atomic E-state index is -1.32. The predicted molar refractivity (Wildman–Crippen MR) is 97.3 cm³/mol. The average molecular weight is 397 g/mol. The number of aliphatic imine (C=N–C) groups is 1. The fourth-order valence-corrected chi connectivity index (χ4v) is 3.40. The molecule has 8 nitrogen and oxygen atoms in total. The van der Waals surface area contributed by atoms with Crippen LogP contribution in [-0.2, 0) is 19.0 Å². The maximum absolute atomic E-state index is 12.5. The van der Waals surface area contributed by atoms with E-state index in [0.29, 0.717) is 43.6 Å². The first-order chi connectivity index (χ1) is 13.0. The first-order valence-electron chi connectivity index (χ1n) is 8.49. The van der Waals surface area contributed by atoms with Crippen LogP contribution in [0.3, 0.4) is 0 Å². The highest BCUT2D eigenvalue weighted by Crippen LogP contribution is 2.36. The molecule has 1 aromatic rings. The molecule has 0 bridgehead atoms. The van der Waals surface area contributed by atoms with E-state index < -0.39 is 11.5 Å². The largest absolute Gasteiger partial charge is 0.869 e. The molecule has 1 aliphatic rings. The van der Waals surface area contributed by atoms with Crippen LogP contribution in [0.2, 0.25) is 0 Å². The zero-order chi connectivity index (χ0) is 19.7. The second-order valence-corrected chi connectivity index (χ2v) is 6.93. The lowest BCUT2D eigenvalue weighted by Crippen LogP contribution is -2.45. The number of nitrogens with zero attached hydrogens (tertiary/aromatic N) is 1. The van der Waals surface area contributed by atoms with E-state index in [2.05, 4.69) is 4.99 Å². The second kappa shape index (κ2) is 10.5. The van der Waals surface area contributed by atoms with Crippen LogP contribution < -0.4 is 14.9 Å². The van der Waals surface area contributed by atoms with E-state index in [1.54, 1.807) is 25.3 Å². The van der Waals surface area contributed by atoms with Crippen LogP contribution in [0.4, 0.5) is 0 Å². The van der Waals surface area contributed by atoms with Crippen LogP contribution in [0.1, 0.15) is 12.5 Å². The smallest absolute Gasteiger partial charge is 0.112 e. The van der Waals surface area contributed by atoms with Crippen molar-refractivity contribution in [3.8, 4) is 11.5 Å². The highest BCUT2D eigenvalue weighted by Gasteiger charge is 2.32. The highest BCUT2D eigenvalue weighted by molar-refractivity contribution is 8.14. The monoisotopic (exact) mass is 397 g/mol. The van der Waals surface area contributed by atoms with Gasteiger partial charge in [-0.25, -0.2) is 0 Å². The van der Waals surface area contributed by atoms with Crippen LogP contribution in [0, 0.1) is 0 Å². The lowest BCUT2D eigenvalue weighted by Gasteiger charge is -2.20. The number of thioether (sulfide) groups is 1. The van der Waals surface area contributed by atoms with Crippen molar-refractivity contribution in [1.82, 2.24) is 0 Å². The third kappa shape index (κ3) is 6.10. The zero-order valence-corrected chi connectivity index (χ0v) is 16.2. The minimum Gasteiger partial charge on any atom is -0.869 e. The maximum atomic E-state index is 12.5. The van der Waals surface area contributed by atoms with Gasteiger partial charge in [0.25, 0.3) is 0 Å². The minimum absolute atomic E-state index is 0.179. The van der Waals surface area contributed by atoms with E-state index in [-0.39, 0.29) is 23.9 Å². The molecule has 0 aliphatic carbocycles. The van der Waals surface area contributed by atoms with Gasteiger partial charge in [0.2, 0.25) is 0 Å². The molecule has 1 heterocycles. The molecule has 0 aromatic heterocycles. The van der Waals surface area contributed by atoms with Crippen molar-refractivity contribution < 1.29 is 34.0 Å². The van der Waals surface area contributed by atoms with Crippen molar-refractivity contribution in [2.24, 2.45) is 4.99 Å². The predicted octanol–water partition coefficient (Wildman–Crippen LogP) is -0.179. The highest BCUT2D eigenvalue weighted by atomic mass is 32.2. The quantitative estimate of drug-likeness (QED) is 0.447. The summed E-state index contributed by atoms with van der Waals surface area (Å²) >= 11 is 1.22. The summed E-state index contributed by atoms with van der Waals surface area (Å²) in [6, 6.07) is 4.85. The van der Waals surface area contributed by atoms with Gasteiger partial charge in [-0.2, -0.15) is 0 Å². The number of hydrogen-bond donors (Lipinski definition) is 0. The Labute approximate surface area is 162 Å². The van der Waals surface area contributed by atoms with E-state index in [1.807, 2.05) is 0 Å². The van der Waals surface area contributed by atoms with Crippen LogP contribution in [0.15, 0.2) is 23.2 Å². The first-order valence-corrected chi connectivity index (χ1v) is 9.48. The van der Waals surface area contributed by atoms with Gasteiger partial charge in [-0.3, -0.25) is 4.99 Å². The SMILES string of the molecule is COCCOCCOCCOc1cccc(C2=N[C@@](C)(C(=O)[O-])CS2)c1[O-]. The Morgan fingerprint density at radius 1 is 1.19 bits per heavy atom. The molecule has 1 aliphatic heterocycles. The summed E-state index contributed by atoms with van der Waals surface area (Å²) in [4.78, 5) is 15.3. The number of para-hydroxylation sites is 1. The van der Waals surface area contributed by atoms with Gasteiger partial charge in [-0.15, -0.1) is 11.8 Å². The molecule has 150 valence electrons. The van der Waals surface area contributed by atoms with Crippen molar-refractivity contribution in [3.63, 3.8) is 0 Å². The maximum Gasteiger partial charge on any atom is 0.112 e. The summed E-state index contributed by atoms with van der Waals surface area (Å²) in [7, 11) is 1.61. The van der Waals surface area contributed by atoms with E-state index in [9.17, 15) is 15.0 Å². The van der Waals surface area contributed by atoms with E-state index in [4.69, 9.17) is 18.9 Å². The molecule has 27 heavy (non-hydrogen) atoms. The molecule has 0 radical (unpaired) electrons.